The Morgan fingerprint density at radius 1 is 1.41 bits per heavy atom. The van der Waals surface area contributed by atoms with Gasteiger partial charge in [-0.15, -0.1) is 0 Å². The van der Waals surface area contributed by atoms with Gasteiger partial charge >= 0.3 is 0 Å². The van der Waals surface area contributed by atoms with Crippen LogP contribution in [-0.2, 0) is 6.54 Å². The van der Waals surface area contributed by atoms with Crippen molar-refractivity contribution in [3.63, 3.8) is 0 Å². The van der Waals surface area contributed by atoms with Crippen molar-refractivity contribution in [2.45, 2.75) is 25.5 Å². The number of piperidine rings is 1. The van der Waals surface area contributed by atoms with Crippen LogP contribution >= 0.6 is 15.9 Å². The van der Waals surface area contributed by atoms with E-state index >= 15 is 0 Å². The molecular weight excluding hydrogens is 287 g/mol. The first-order valence-electron chi connectivity index (χ1n) is 5.73. The van der Waals surface area contributed by atoms with Crippen molar-refractivity contribution in [2.75, 3.05) is 18.0 Å². The number of nitrogens with two attached hydrogens (primary N) is 1. The third kappa shape index (κ3) is 2.61. The standard InChI is InChI=1S/C12H16BrFN2O/c13-11-8(7-15)1-2-10(12(11)14)16-5-3-9(17)4-6-16/h1-2,9,17H,3-7,15H2. The molecule has 1 heterocycles. The second-order valence-electron chi connectivity index (χ2n) is 4.29. The van der Waals surface area contributed by atoms with E-state index in [1.54, 1.807) is 6.07 Å². The number of anilines is 1. The quantitative estimate of drug-likeness (QED) is 0.878. The molecule has 1 aliphatic heterocycles. The largest absolute Gasteiger partial charge is 0.393 e. The summed E-state index contributed by atoms with van der Waals surface area (Å²) in [6, 6.07) is 3.60. The third-order valence-electron chi connectivity index (χ3n) is 3.17. The van der Waals surface area contributed by atoms with Crippen LogP contribution in [0.5, 0.6) is 0 Å². The predicted molar refractivity (Wildman–Crippen MR) is 69.4 cm³/mol. The fourth-order valence-corrected chi connectivity index (χ4v) is 2.59. The van der Waals surface area contributed by atoms with Crippen LogP contribution in [-0.4, -0.2) is 24.3 Å². The Balaban J connectivity index is 2.24. The van der Waals surface area contributed by atoms with Gasteiger partial charge in [0.1, 0.15) is 0 Å². The summed E-state index contributed by atoms with van der Waals surface area (Å²) in [6.45, 7) is 1.69. The topological polar surface area (TPSA) is 49.5 Å². The van der Waals surface area contributed by atoms with Gasteiger partial charge in [-0.05, 0) is 40.4 Å². The van der Waals surface area contributed by atoms with Crippen molar-refractivity contribution in [3.8, 4) is 0 Å². The van der Waals surface area contributed by atoms with E-state index in [1.807, 2.05) is 11.0 Å². The number of benzene rings is 1. The maximum Gasteiger partial charge on any atom is 0.160 e. The van der Waals surface area contributed by atoms with Crippen molar-refractivity contribution in [1.29, 1.82) is 0 Å². The first-order chi connectivity index (χ1) is 8.13. The van der Waals surface area contributed by atoms with Gasteiger partial charge < -0.3 is 15.7 Å². The zero-order valence-corrected chi connectivity index (χ0v) is 11.1. The molecule has 0 bridgehead atoms. The molecule has 0 aromatic heterocycles. The average Bonchev–Trinajstić information content (AvgIpc) is 2.34. The Bertz CT molecular complexity index is 406. The molecule has 5 heteroatoms. The summed E-state index contributed by atoms with van der Waals surface area (Å²) in [4.78, 5) is 1.97. The van der Waals surface area contributed by atoms with Gasteiger partial charge in [0, 0.05) is 19.6 Å². The molecule has 3 N–H and O–H groups in total. The zero-order valence-electron chi connectivity index (χ0n) is 9.50. The fraction of sp³-hybridized carbons (Fsp3) is 0.500. The van der Waals surface area contributed by atoms with Crippen molar-refractivity contribution >= 4 is 21.6 Å². The molecule has 1 aromatic carbocycles. The highest BCUT2D eigenvalue weighted by atomic mass is 79.9. The summed E-state index contributed by atoms with van der Waals surface area (Å²) in [5, 5.41) is 9.43. The Morgan fingerprint density at radius 2 is 2.06 bits per heavy atom. The van der Waals surface area contributed by atoms with Crippen LogP contribution in [0.2, 0.25) is 0 Å². The number of hydrogen-bond donors (Lipinski definition) is 2. The molecule has 0 unspecified atom stereocenters. The van der Waals surface area contributed by atoms with E-state index in [-0.39, 0.29) is 11.9 Å². The lowest BCUT2D eigenvalue weighted by atomic mass is 10.1. The van der Waals surface area contributed by atoms with E-state index in [0.717, 1.165) is 5.56 Å². The van der Waals surface area contributed by atoms with Crippen LogP contribution < -0.4 is 10.6 Å². The smallest absolute Gasteiger partial charge is 0.160 e. The summed E-state index contributed by atoms with van der Waals surface area (Å²) >= 11 is 3.24. The van der Waals surface area contributed by atoms with E-state index in [9.17, 15) is 9.50 Å². The predicted octanol–water partition coefficient (Wildman–Crippen LogP) is 2.01. The lowest BCUT2D eigenvalue weighted by Gasteiger charge is -2.32. The number of aliphatic hydroxyl groups is 1. The molecule has 0 aliphatic carbocycles. The summed E-state index contributed by atoms with van der Waals surface area (Å²) in [6.07, 6.45) is 1.13. The highest BCUT2D eigenvalue weighted by Gasteiger charge is 2.21. The van der Waals surface area contributed by atoms with E-state index in [1.165, 1.54) is 0 Å². The van der Waals surface area contributed by atoms with E-state index < -0.39 is 0 Å². The average molecular weight is 303 g/mol. The van der Waals surface area contributed by atoms with Crippen LogP contribution in [0, 0.1) is 5.82 Å². The summed E-state index contributed by atoms with van der Waals surface area (Å²) in [5.74, 6) is -0.260. The molecule has 1 aromatic rings. The molecular formula is C12H16BrFN2O. The lowest BCUT2D eigenvalue weighted by Crippen LogP contribution is -2.36. The van der Waals surface area contributed by atoms with Crippen molar-refractivity contribution < 1.29 is 9.50 Å². The van der Waals surface area contributed by atoms with Gasteiger partial charge in [-0.25, -0.2) is 4.39 Å². The Hall–Kier alpha value is -0.650. The molecule has 17 heavy (non-hydrogen) atoms. The first-order valence-corrected chi connectivity index (χ1v) is 6.52. The molecule has 3 nitrogen and oxygen atoms in total. The molecule has 0 spiro atoms. The highest BCUT2D eigenvalue weighted by Crippen LogP contribution is 2.30. The molecule has 94 valence electrons. The van der Waals surface area contributed by atoms with Gasteiger partial charge in [0.05, 0.1) is 16.3 Å². The maximum absolute atomic E-state index is 14.1. The second kappa shape index (κ2) is 5.33. The SMILES string of the molecule is NCc1ccc(N2CCC(O)CC2)c(F)c1Br. The Morgan fingerprint density at radius 3 is 2.65 bits per heavy atom. The number of hydrogen-bond acceptors (Lipinski definition) is 3. The molecule has 1 saturated heterocycles. The number of nitrogens with zero attached hydrogens (tertiary/aromatic N) is 1. The molecule has 1 aliphatic rings. The van der Waals surface area contributed by atoms with Gasteiger partial charge in [-0.2, -0.15) is 0 Å². The number of rotatable bonds is 2. The molecule has 0 saturated carbocycles. The normalized spacial score (nSPS) is 17.5. The number of aliphatic hydroxyl groups excluding tert-OH is 1. The maximum atomic E-state index is 14.1. The zero-order chi connectivity index (χ0) is 12.4. The van der Waals surface area contributed by atoms with Gasteiger partial charge in [-0.3, -0.25) is 0 Å². The van der Waals surface area contributed by atoms with E-state index in [4.69, 9.17) is 5.73 Å². The van der Waals surface area contributed by atoms with E-state index in [0.29, 0.717) is 42.6 Å². The van der Waals surface area contributed by atoms with Gasteiger partial charge in [-0.1, -0.05) is 6.07 Å². The first kappa shape index (κ1) is 12.8. The monoisotopic (exact) mass is 302 g/mol. The van der Waals surface area contributed by atoms with Crippen LogP contribution in [0.4, 0.5) is 10.1 Å². The van der Waals surface area contributed by atoms with Crippen molar-refractivity contribution in [3.05, 3.63) is 28.0 Å². The van der Waals surface area contributed by atoms with Crippen molar-refractivity contribution in [1.82, 2.24) is 0 Å². The number of halogens is 2. The minimum Gasteiger partial charge on any atom is -0.393 e. The Kier molecular flexibility index (Phi) is 4.01. The van der Waals surface area contributed by atoms with Gasteiger partial charge in [0.2, 0.25) is 0 Å². The molecule has 1 fully saturated rings. The van der Waals surface area contributed by atoms with E-state index in [2.05, 4.69) is 15.9 Å². The molecule has 2 rings (SSSR count). The molecule has 0 amide bonds. The van der Waals surface area contributed by atoms with Gasteiger partial charge in [0.25, 0.3) is 0 Å². The van der Waals surface area contributed by atoms with Crippen molar-refractivity contribution in [2.24, 2.45) is 5.73 Å². The third-order valence-corrected chi connectivity index (χ3v) is 4.02. The minimum atomic E-state index is -0.260. The minimum absolute atomic E-state index is 0.249. The second-order valence-corrected chi connectivity index (χ2v) is 5.09. The lowest BCUT2D eigenvalue weighted by molar-refractivity contribution is 0.145. The van der Waals surface area contributed by atoms with Crippen LogP contribution in [0.25, 0.3) is 0 Å². The Labute approximate surface area is 109 Å². The highest BCUT2D eigenvalue weighted by molar-refractivity contribution is 9.10. The summed E-state index contributed by atoms with van der Waals surface area (Å²) < 4.78 is 14.6. The van der Waals surface area contributed by atoms with Gasteiger partial charge in [0.15, 0.2) is 5.82 Å². The molecule has 0 radical (unpaired) electrons. The summed E-state index contributed by atoms with van der Waals surface area (Å²) in [5.41, 5.74) is 6.87. The van der Waals surface area contributed by atoms with Crippen LogP contribution in [0.3, 0.4) is 0 Å². The summed E-state index contributed by atoms with van der Waals surface area (Å²) in [7, 11) is 0. The molecule has 0 atom stereocenters. The van der Waals surface area contributed by atoms with Crippen LogP contribution in [0.1, 0.15) is 18.4 Å². The fourth-order valence-electron chi connectivity index (χ4n) is 2.09. The van der Waals surface area contributed by atoms with Crippen LogP contribution in [0.15, 0.2) is 16.6 Å².